The normalized spacial score (nSPS) is 10.7. The zero-order valence-corrected chi connectivity index (χ0v) is 11.4. The van der Waals surface area contributed by atoms with E-state index in [-0.39, 0.29) is 15.6 Å². The van der Waals surface area contributed by atoms with Gasteiger partial charge in [0.1, 0.15) is 17.3 Å². The van der Waals surface area contributed by atoms with Crippen molar-refractivity contribution in [1.82, 2.24) is 14.8 Å². The summed E-state index contributed by atoms with van der Waals surface area (Å²) < 4.78 is 43.0. The zero-order chi connectivity index (χ0) is 14.6. The minimum atomic E-state index is -3.99. The molecule has 20 heavy (non-hydrogen) atoms. The van der Waals surface area contributed by atoms with Gasteiger partial charge in [-0.05, 0) is 23.4 Å². The van der Waals surface area contributed by atoms with Crippen LogP contribution < -0.4 is 4.72 Å². The Hall–Kier alpha value is -2.09. The summed E-state index contributed by atoms with van der Waals surface area (Å²) >= 11 is 0.759. The number of sulfonamides is 1. The van der Waals surface area contributed by atoms with Gasteiger partial charge in [0.25, 0.3) is 10.0 Å². The van der Waals surface area contributed by atoms with E-state index in [1.165, 1.54) is 0 Å². The summed E-state index contributed by atoms with van der Waals surface area (Å²) in [5.41, 5.74) is -0.0657. The molecule has 0 unspecified atom stereocenters. The fraction of sp³-hybridized carbons (Fsp3) is 0.100. The molecule has 0 saturated heterocycles. The highest BCUT2D eigenvalue weighted by Gasteiger charge is 2.20. The van der Waals surface area contributed by atoms with Crippen LogP contribution in [0.15, 0.2) is 23.1 Å². The Bertz CT molecular complexity index is 766. The van der Waals surface area contributed by atoms with E-state index in [0.29, 0.717) is 0 Å². The maximum Gasteiger partial charge on any atom is 0.264 e. The lowest BCUT2D eigenvalue weighted by molar-refractivity contribution is 0.350. The minimum Gasteiger partial charge on any atom is -0.384 e. The standard InChI is InChI=1S/C10H7FN4O3S2/c11-8-3-4-9(7(6-8)2-1-5-16)20(17,18)13-10-12-14-15-19-10/h3-4,6,16H,5H2,(H,12,13,15). The van der Waals surface area contributed by atoms with E-state index in [2.05, 4.69) is 31.4 Å². The number of rotatable bonds is 3. The Labute approximate surface area is 117 Å². The van der Waals surface area contributed by atoms with Gasteiger partial charge in [-0.1, -0.05) is 21.4 Å². The molecule has 10 heteroatoms. The van der Waals surface area contributed by atoms with Gasteiger partial charge in [-0.3, -0.25) is 4.72 Å². The van der Waals surface area contributed by atoms with E-state index >= 15 is 0 Å². The molecule has 0 aliphatic carbocycles. The summed E-state index contributed by atoms with van der Waals surface area (Å²) in [5, 5.41) is 15.3. The largest absolute Gasteiger partial charge is 0.384 e. The van der Waals surface area contributed by atoms with Gasteiger partial charge in [-0.2, -0.15) is 0 Å². The molecule has 0 aliphatic rings. The molecule has 0 aliphatic heterocycles. The number of benzene rings is 1. The molecule has 2 rings (SSSR count). The van der Waals surface area contributed by atoms with Crippen LogP contribution in [0.4, 0.5) is 9.52 Å². The number of hydrogen-bond donors (Lipinski definition) is 2. The van der Waals surface area contributed by atoms with Crippen LogP contribution in [0.2, 0.25) is 0 Å². The van der Waals surface area contributed by atoms with Gasteiger partial charge < -0.3 is 5.11 Å². The maximum absolute atomic E-state index is 13.2. The lowest BCUT2D eigenvalue weighted by Gasteiger charge is -2.06. The van der Waals surface area contributed by atoms with Crippen molar-refractivity contribution in [2.24, 2.45) is 0 Å². The van der Waals surface area contributed by atoms with Gasteiger partial charge in [0.15, 0.2) is 0 Å². The second kappa shape index (κ2) is 5.91. The van der Waals surface area contributed by atoms with Crippen LogP contribution in [0, 0.1) is 17.7 Å². The van der Waals surface area contributed by atoms with Crippen molar-refractivity contribution < 1.29 is 17.9 Å². The number of halogens is 1. The van der Waals surface area contributed by atoms with Crippen molar-refractivity contribution in [2.75, 3.05) is 11.3 Å². The summed E-state index contributed by atoms with van der Waals surface area (Å²) in [6.07, 6.45) is 0. The molecule has 1 aromatic carbocycles. The molecular formula is C10H7FN4O3S2. The van der Waals surface area contributed by atoms with Gasteiger partial charge in [-0.25, -0.2) is 12.8 Å². The molecular weight excluding hydrogens is 307 g/mol. The van der Waals surface area contributed by atoms with Crippen LogP contribution in [0.3, 0.4) is 0 Å². The third kappa shape index (κ3) is 3.27. The predicted molar refractivity (Wildman–Crippen MR) is 68.9 cm³/mol. The Balaban J connectivity index is 2.45. The van der Waals surface area contributed by atoms with Crippen molar-refractivity contribution in [3.05, 3.63) is 29.6 Å². The fourth-order valence-corrected chi connectivity index (χ4v) is 3.04. The summed E-state index contributed by atoms with van der Waals surface area (Å²) in [4.78, 5) is -0.227. The van der Waals surface area contributed by atoms with E-state index in [1.54, 1.807) is 0 Å². The topological polar surface area (TPSA) is 105 Å². The summed E-state index contributed by atoms with van der Waals surface area (Å²) in [6.45, 7) is -0.469. The molecule has 0 radical (unpaired) electrons. The van der Waals surface area contributed by atoms with Crippen LogP contribution in [-0.2, 0) is 10.0 Å². The average molecular weight is 314 g/mol. The maximum atomic E-state index is 13.2. The van der Waals surface area contributed by atoms with Crippen LogP contribution >= 0.6 is 11.5 Å². The van der Waals surface area contributed by atoms with E-state index < -0.39 is 22.4 Å². The van der Waals surface area contributed by atoms with Crippen molar-refractivity contribution in [3.8, 4) is 11.8 Å². The highest BCUT2D eigenvalue weighted by Crippen LogP contribution is 2.20. The number of aromatic nitrogens is 3. The first kappa shape index (κ1) is 14.3. The zero-order valence-electron chi connectivity index (χ0n) is 9.74. The molecule has 0 fully saturated rings. The first-order valence-corrected chi connectivity index (χ1v) is 7.36. The van der Waals surface area contributed by atoms with Gasteiger partial charge in [-0.15, -0.1) is 0 Å². The number of aliphatic hydroxyl groups is 1. The number of nitrogens with one attached hydrogen (secondary N) is 1. The quantitative estimate of drug-likeness (QED) is 0.785. The molecule has 7 nitrogen and oxygen atoms in total. The van der Waals surface area contributed by atoms with E-state index in [4.69, 9.17) is 5.11 Å². The smallest absolute Gasteiger partial charge is 0.264 e. The number of anilines is 1. The van der Waals surface area contributed by atoms with Crippen molar-refractivity contribution >= 4 is 26.7 Å². The second-order valence-corrected chi connectivity index (χ2v) is 5.76. The summed E-state index contributed by atoms with van der Waals surface area (Å²) in [5.74, 6) is 4.02. The van der Waals surface area contributed by atoms with E-state index in [9.17, 15) is 12.8 Å². The summed E-state index contributed by atoms with van der Waals surface area (Å²) in [6, 6.07) is 3.04. The van der Waals surface area contributed by atoms with Gasteiger partial charge >= 0.3 is 0 Å². The molecule has 1 aromatic heterocycles. The number of hydrogen-bond acceptors (Lipinski definition) is 7. The molecule has 104 valence electrons. The van der Waals surface area contributed by atoms with Crippen molar-refractivity contribution in [2.45, 2.75) is 4.90 Å². The van der Waals surface area contributed by atoms with Crippen LogP contribution in [0.25, 0.3) is 0 Å². The molecule has 0 atom stereocenters. The second-order valence-electron chi connectivity index (χ2n) is 3.37. The van der Waals surface area contributed by atoms with E-state index in [1.807, 2.05) is 0 Å². The molecule has 0 spiro atoms. The minimum absolute atomic E-state index is 0.0182. The van der Waals surface area contributed by atoms with Crippen molar-refractivity contribution in [3.63, 3.8) is 0 Å². The van der Waals surface area contributed by atoms with Crippen LogP contribution in [0.5, 0.6) is 0 Å². The highest BCUT2D eigenvalue weighted by molar-refractivity contribution is 7.93. The Morgan fingerprint density at radius 2 is 2.25 bits per heavy atom. The molecule has 0 amide bonds. The monoisotopic (exact) mass is 314 g/mol. The first-order chi connectivity index (χ1) is 9.53. The van der Waals surface area contributed by atoms with E-state index in [0.717, 1.165) is 29.7 Å². The molecule has 0 bridgehead atoms. The number of nitrogens with zero attached hydrogens (tertiary/aromatic N) is 3. The van der Waals surface area contributed by atoms with Gasteiger partial charge in [0.2, 0.25) is 5.13 Å². The Kier molecular flexibility index (Phi) is 4.23. The Morgan fingerprint density at radius 1 is 1.45 bits per heavy atom. The average Bonchev–Trinajstić information content (AvgIpc) is 2.88. The molecule has 2 aromatic rings. The third-order valence-corrected chi connectivity index (χ3v) is 4.09. The van der Waals surface area contributed by atoms with Crippen LogP contribution in [0.1, 0.15) is 5.56 Å². The SMILES string of the molecule is O=S(=O)(Nc1nnns1)c1ccc(F)cc1C#CCO. The first-order valence-electron chi connectivity index (χ1n) is 5.10. The molecule has 2 N–H and O–H groups in total. The molecule has 1 heterocycles. The van der Waals surface area contributed by atoms with Gasteiger partial charge in [0, 0.05) is 17.1 Å². The summed E-state index contributed by atoms with van der Waals surface area (Å²) in [7, 11) is -3.99. The Morgan fingerprint density at radius 3 is 2.90 bits per heavy atom. The number of aliphatic hydroxyl groups excluding tert-OH is 1. The van der Waals surface area contributed by atoms with Gasteiger partial charge in [0.05, 0.1) is 0 Å². The van der Waals surface area contributed by atoms with Crippen molar-refractivity contribution in [1.29, 1.82) is 0 Å². The molecule has 0 saturated carbocycles. The fourth-order valence-electron chi connectivity index (χ4n) is 1.31. The lowest BCUT2D eigenvalue weighted by atomic mass is 10.2. The van der Waals surface area contributed by atoms with Crippen LogP contribution in [-0.4, -0.2) is 34.9 Å². The lowest BCUT2D eigenvalue weighted by Crippen LogP contribution is -2.14. The third-order valence-electron chi connectivity index (χ3n) is 2.05. The predicted octanol–water partition coefficient (Wildman–Crippen LogP) is 0.217. The highest BCUT2D eigenvalue weighted by atomic mass is 32.2.